The SMILES string of the molecule is CC(C)(C)OC(=O)NCc1cccc(NC2CCCCC2(C)C)c1. The van der Waals surface area contributed by atoms with E-state index in [1.54, 1.807) is 0 Å². The highest BCUT2D eigenvalue weighted by Crippen LogP contribution is 2.37. The molecular formula is C20H32N2O2. The maximum absolute atomic E-state index is 11.8. The van der Waals surface area contributed by atoms with Crippen molar-refractivity contribution in [1.82, 2.24) is 5.32 Å². The zero-order chi connectivity index (χ0) is 17.8. The van der Waals surface area contributed by atoms with Crippen LogP contribution in [0.2, 0.25) is 0 Å². The minimum absolute atomic E-state index is 0.322. The number of amides is 1. The second-order valence-corrected chi connectivity index (χ2v) is 8.49. The summed E-state index contributed by atoms with van der Waals surface area (Å²) in [6.45, 7) is 10.8. The van der Waals surface area contributed by atoms with Gasteiger partial charge in [0.15, 0.2) is 0 Å². The second kappa shape index (κ2) is 7.45. The molecular weight excluding hydrogens is 300 g/mol. The fourth-order valence-corrected chi connectivity index (χ4v) is 3.22. The minimum Gasteiger partial charge on any atom is -0.444 e. The molecule has 2 rings (SSSR count). The van der Waals surface area contributed by atoms with Crippen molar-refractivity contribution in [3.8, 4) is 0 Å². The summed E-state index contributed by atoms with van der Waals surface area (Å²) in [5.41, 5.74) is 2.04. The molecule has 1 aliphatic rings. The summed E-state index contributed by atoms with van der Waals surface area (Å²) in [5.74, 6) is 0. The van der Waals surface area contributed by atoms with Crippen molar-refractivity contribution in [2.45, 2.75) is 78.5 Å². The lowest BCUT2D eigenvalue weighted by atomic mass is 9.73. The molecule has 1 unspecified atom stereocenters. The molecule has 134 valence electrons. The molecule has 0 heterocycles. The molecule has 0 radical (unpaired) electrons. The van der Waals surface area contributed by atoms with E-state index in [1.165, 1.54) is 25.7 Å². The van der Waals surface area contributed by atoms with Gasteiger partial charge in [-0.3, -0.25) is 0 Å². The summed E-state index contributed by atoms with van der Waals surface area (Å²) in [7, 11) is 0. The highest BCUT2D eigenvalue weighted by atomic mass is 16.6. The zero-order valence-electron chi connectivity index (χ0n) is 15.7. The van der Waals surface area contributed by atoms with Crippen LogP contribution >= 0.6 is 0 Å². The molecule has 4 nitrogen and oxygen atoms in total. The quantitative estimate of drug-likeness (QED) is 0.807. The molecule has 1 fully saturated rings. The summed E-state index contributed by atoms with van der Waals surface area (Å²) in [6.07, 6.45) is 4.72. The number of hydrogen-bond donors (Lipinski definition) is 2. The Morgan fingerprint density at radius 3 is 2.71 bits per heavy atom. The predicted molar refractivity (Wildman–Crippen MR) is 99.2 cm³/mol. The van der Waals surface area contributed by atoms with Crippen LogP contribution in [0.3, 0.4) is 0 Å². The van der Waals surface area contributed by atoms with Gasteiger partial charge in [-0.15, -0.1) is 0 Å². The van der Waals surface area contributed by atoms with Gasteiger partial charge in [-0.1, -0.05) is 38.8 Å². The first kappa shape index (κ1) is 18.6. The summed E-state index contributed by atoms with van der Waals surface area (Å²) >= 11 is 0. The van der Waals surface area contributed by atoms with Crippen LogP contribution in [-0.2, 0) is 11.3 Å². The van der Waals surface area contributed by atoms with Gasteiger partial charge in [-0.25, -0.2) is 4.79 Å². The van der Waals surface area contributed by atoms with E-state index in [-0.39, 0.29) is 6.09 Å². The molecule has 1 aromatic rings. The van der Waals surface area contributed by atoms with Crippen molar-refractivity contribution in [3.63, 3.8) is 0 Å². The standard InChI is InChI=1S/C20H32N2O2/c1-19(2,3)24-18(23)21-14-15-9-8-10-16(13-15)22-17-11-6-7-12-20(17,4)5/h8-10,13,17,22H,6-7,11-12,14H2,1-5H3,(H,21,23). The van der Waals surface area contributed by atoms with Crippen LogP contribution in [0.15, 0.2) is 24.3 Å². The molecule has 4 heteroatoms. The lowest BCUT2D eigenvalue weighted by molar-refractivity contribution is 0.0523. The van der Waals surface area contributed by atoms with Gasteiger partial charge in [-0.05, 0) is 56.7 Å². The number of nitrogens with one attached hydrogen (secondary N) is 2. The van der Waals surface area contributed by atoms with Crippen LogP contribution in [-0.4, -0.2) is 17.7 Å². The Morgan fingerprint density at radius 1 is 1.29 bits per heavy atom. The Kier molecular flexibility index (Phi) is 5.79. The van der Waals surface area contributed by atoms with E-state index in [9.17, 15) is 4.79 Å². The molecule has 1 atom stereocenters. The smallest absolute Gasteiger partial charge is 0.407 e. The van der Waals surface area contributed by atoms with E-state index in [4.69, 9.17) is 4.74 Å². The van der Waals surface area contributed by atoms with Gasteiger partial charge in [0.05, 0.1) is 0 Å². The van der Waals surface area contributed by atoms with Gasteiger partial charge in [0, 0.05) is 18.3 Å². The first-order valence-electron chi connectivity index (χ1n) is 8.98. The van der Waals surface area contributed by atoms with Crippen molar-refractivity contribution >= 4 is 11.8 Å². The third kappa shape index (κ3) is 5.73. The van der Waals surface area contributed by atoms with Crippen LogP contribution in [0, 0.1) is 5.41 Å². The Balaban J connectivity index is 1.93. The molecule has 1 aliphatic carbocycles. The van der Waals surface area contributed by atoms with Crippen LogP contribution in [0.25, 0.3) is 0 Å². The Bertz CT molecular complexity index is 561. The molecule has 0 saturated heterocycles. The molecule has 1 amide bonds. The number of anilines is 1. The van der Waals surface area contributed by atoms with E-state index < -0.39 is 5.60 Å². The third-order valence-corrected chi connectivity index (χ3v) is 4.61. The average Bonchev–Trinajstić information content (AvgIpc) is 2.46. The number of rotatable bonds is 4. The highest BCUT2D eigenvalue weighted by Gasteiger charge is 2.31. The van der Waals surface area contributed by atoms with Crippen LogP contribution in [0.4, 0.5) is 10.5 Å². The normalized spacial score (nSPS) is 20.3. The van der Waals surface area contributed by atoms with Gasteiger partial charge < -0.3 is 15.4 Å². The number of hydrogen-bond acceptors (Lipinski definition) is 3. The fourth-order valence-electron chi connectivity index (χ4n) is 3.22. The number of carbonyl (C=O) groups excluding carboxylic acids is 1. The van der Waals surface area contributed by atoms with Crippen molar-refractivity contribution in [2.75, 3.05) is 5.32 Å². The molecule has 0 aliphatic heterocycles. The number of alkyl carbamates (subject to hydrolysis) is 1. The fraction of sp³-hybridized carbons (Fsp3) is 0.650. The van der Waals surface area contributed by atoms with E-state index in [1.807, 2.05) is 32.9 Å². The topological polar surface area (TPSA) is 50.4 Å². The van der Waals surface area contributed by atoms with E-state index >= 15 is 0 Å². The minimum atomic E-state index is -0.472. The first-order chi connectivity index (χ1) is 11.2. The van der Waals surface area contributed by atoms with Crippen molar-refractivity contribution in [1.29, 1.82) is 0 Å². The highest BCUT2D eigenvalue weighted by molar-refractivity contribution is 5.67. The molecule has 0 aromatic heterocycles. The number of ether oxygens (including phenoxy) is 1. The van der Waals surface area contributed by atoms with Gasteiger partial charge in [0.1, 0.15) is 5.60 Å². The predicted octanol–water partition coefficient (Wildman–Crippen LogP) is 5.09. The third-order valence-electron chi connectivity index (χ3n) is 4.61. The molecule has 24 heavy (non-hydrogen) atoms. The van der Waals surface area contributed by atoms with E-state index in [2.05, 4.69) is 36.6 Å². The zero-order valence-corrected chi connectivity index (χ0v) is 15.7. The molecule has 0 bridgehead atoms. The summed E-state index contributed by atoms with van der Waals surface area (Å²) < 4.78 is 5.27. The Hall–Kier alpha value is -1.71. The van der Waals surface area contributed by atoms with Gasteiger partial charge in [-0.2, -0.15) is 0 Å². The Labute approximate surface area is 146 Å². The molecule has 2 N–H and O–H groups in total. The van der Waals surface area contributed by atoms with Gasteiger partial charge >= 0.3 is 6.09 Å². The Morgan fingerprint density at radius 2 is 2.04 bits per heavy atom. The largest absolute Gasteiger partial charge is 0.444 e. The number of carbonyl (C=O) groups is 1. The summed E-state index contributed by atoms with van der Waals surface area (Å²) in [6, 6.07) is 8.77. The van der Waals surface area contributed by atoms with E-state index in [0.717, 1.165) is 11.3 Å². The monoisotopic (exact) mass is 332 g/mol. The lowest BCUT2D eigenvalue weighted by Crippen LogP contribution is -2.38. The molecule has 1 saturated carbocycles. The first-order valence-corrected chi connectivity index (χ1v) is 8.98. The van der Waals surface area contributed by atoms with Crippen molar-refractivity contribution in [3.05, 3.63) is 29.8 Å². The van der Waals surface area contributed by atoms with Crippen molar-refractivity contribution < 1.29 is 9.53 Å². The summed E-state index contributed by atoms with van der Waals surface area (Å²) in [4.78, 5) is 11.8. The van der Waals surface area contributed by atoms with Crippen LogP contribution < -0.4 is 10.6 Å². The van der Waals surface area contributed by atoms with E-state index in [0.29, 0.717) is 18.0 Å². The second-order valence-electron chi connectivity index (χ2n) is 8.49. The maximum atomic E-state index is 11.8. The van der Waals surface area contributed by atoms with Crippen LogP contribution in [0.5, 0.6) is 0 Å². The average molecular weight is 332 g/mol. The molecule has 0 spiro atoms. The van der Waals surface area contributed by atoms with Crippen molar-refractivity contribution in [2.24, 2.45) is 5.41 Å². The summed E-state index contributed by atoms with van der Waals surface area (Å²) in [5, 5.41) is 6.51. The van der Waals surface area contributed by atoms with Gasteiger partial charge in [0.25, 0.3) is 0 Å². The lowest BCUT2D eigenvalue weighted by Gasteiger charge is -2.39. The van der Waals surface area contributed by atoms with Crippen LogP contribution in [0.1, 0.15) is 65.9 Å². The molecule has 1 aromatic carbocycles. The van der Waals surface area contributed by atoms with Gasteiger partial charge in [0.2, 0.25) is 0 Å². The number of benzene rings is 1. The maximum Gasteiger partial charge on any atom is 0.407 e.